The number of hydrogen-bond donors (Lipinski definition) is 0. The van der Waals surface area contributed by atoms with Crippen molar-refractivity contribution in [3.05, 3.63) is 29.3 Å². The summed E-state index contributed by atoms with van der Waals surface area (Å²) in [6.45, 7) is 1.36. The molecule has 1 aromatic carbocycles. The zero-order valence-electron chi connectivity index (χ0n) is 8.74. The summed E-state index contributed by atoms with van der Waals surface area (Å²) >= 11 is 11.2. The average molecular weight is 260 g/mol. The van der Waals surface area contributed by atoms with Gasteiger partial charge in [0.15, 0.2) is 5.78 Å². The predicted octanol–water partition coefficient (Wildman–Crippen LogP) is 2.50. The zero-order valence-corrected chi connectivity index (χ0v) is 10.3. The van der Waals surface area contributed by atoms with Crippen molar-refractivity contribution in [2.75, 3.05) is 17.3 Å². The Hall–Kier alpha value is -1.06. The molecule has 0 bridgehead atoms. The number of rotatable bonds is 4. The second-order valence-electron chi connectivity index (χ2n) is 3.26. The Balaban J connectivity index is 2.94. The van der Waals surface area contributed by atoms with Crippen molar-refractivity contribution in [2.24, 2.45) is 0 Å². The number of carbonyl (C=O) groups is 2. The van der Waals surface area contributed by atoms with Crippen molar-refractivity contribution in [3.8, 4) is 0 Å². The minimum atomic E-state index is -0.222. The van der Waals surface area contributed by atoms with E-state index in [1.807, 2.05) is 0 Å². The van der Waals surface area contributed by atoms with E-state index in [0.29, 0.717) is 10.7 Å². The molecular weight excluding hydrogens is 249 g/mol. The van der Waals surface area contributed by atoms with E-state index < -0.39 is 0 Å². The molecule has 0 aliphatic rings. The molecule has 0 heterocycles. The molecule has 86 valence electrons. The number of anilines is 1. The molecule has 5 heteroatoms. The fourth-order valence-corrected chi connectivity index (χ4v) is 1.52. The molecule has 0 N–H and O–H groups in total. The average Bonchev–Trinajstić information content (AvgIpc) is 2.25. The smallest absolute Gasteiger partial charge is 0.224 e. The number of carbonyl (C=O) groups excluding carboxylic acids is 2. The van der Waals surface area contributed by atoms with Crippen LogP contribution in [0, 0.1) is 0 Å². The molecule has 1 rings (SSSR count). The minimum Gasteiger partial charge on any atom is -0.305 e. The first kappa shape index (κ1) is 13.0. The molecule has 0 radical (unpaired) electrons. The van der Waals surface area contributed by atoms with Crippen LogP contribution >= 0.6 is 23.2 Å². The lowest BCUT2D eigenvalue weighted by molar-refractivity contribution is -0.120. The highest BCUT2D eigenvalue weighted by atomic mass is 35.5. The van der Waals surface area contributed by atoms with Gasteiger partial charge in [-0.25, -0.2) is 0 Å². The van der Waals surface area contributed by atoms with Crippen molar-refractivity contribution in [2.45, 2.75) is 6.92 Å². The second kappa shape index (κ2) is 5.87. The monoisotopic (exact) mass is 259 g/mol. The number of alkyl halides is 1. The van der Waals surface area contributed by atoms with E-state index in [4.69, 9.17) is 23.2 Å². The zero-order chi connectivity index (χ0) is 12.1. The first-order valence-corrected chi connectivity index (χ1v) is 5.57. The maximum Gasteiger partial charge on any atom is 0.224 e. The van der Waals surface area contributed by atoms with Gasteiger partial charge in [0, 0.05) is 17.6 Å². The lowest BCUT2D eigenvalue weighted by Gasteiger charge is -2.20. The maximum absolute atomic E-state index is 11.4. The molecule has 16 heavy (non-hydrogen) atoms. The molecule has 0 saturated carbocycles. The summed E-state index contributed by atoms with van der Waals surface area (Å²) in [5, 5.41) is 0.516. The first-order chi connectivity index (χ1) is 7.54. The fourth-order valence-electron chi connectivity index (χ4n) is 1.25. The molecule has 0 saturated heterocycles. The van der Waals surface area contributed by atoms with Gasteiger partial charge in [0.1, 0.15) is 0 Å². The van der Waals surface area contributed by atoms with Gasteiger partial charge in [-0.1, -0.05) is 17.7 Å². The topological polar surface area (TPSA) is 37.4 Å². The van der Waals surface area contributed by atoms with Crippen LogP contribution in [-0.2, 0) is 9.59 Å². The maximum atomic E-state index is 11.4. The van der Waals surface area contributed by atoms with Gasteiger partial charge in [-0.2, -0.15) is 0 Å². The molecule has 0 spiro atoms. The first-order valence-electron chi connectivity index (χ1n) is 4.66. The Morgan fingerprint density at radius 3 is 2.56 bits per heavy atom. The van der Waals surface area contributed by atoms with Crippen molar-refractivity contribution in [1.82, 2.24) is 0 Å². The minimum absolute atomic E-state index is 0.0286. The SMILES string of the molecule is CC(=O)N(CC(=O)CCl)c1cccc(Cl)c1. The van der Waals surface area contributed by atoms with Gasteiger partial charge < -0.3 is 4.90 Å². The van der Waals surface area contributed by atoms with Gasteiger partial charge in [0.05, 0.1) is 12.4 Å². The Morgan fingerprint density at radius 2 is 2.06 bits per heavy atom. The molecule has 0 atom stereocenters. The standard InChI is InChI=1S/C11H11Cl2NO2/c1-8(15)14(7-11(16)6-12)10-4-2-3-9(13)5-10/h2-5H,6-7H2,1H3. The third-order valence-corrected chi connectivity index (χ3v) is 2.52. The van der Waals surface area contributed by atoms with Crippen LogP contribution in [-0.4, -0.2) is 24.1 Å². The summed E-state index contributed by atoms with van der Waals surface area (Å²) in [7, 11) is 0. The Morgan fingerprint density at radius 1 is 1.38 bits per heavy atom. The lowest BCUT2D eigenvalue weighted by atomic mass is 10.2. The number of halogens is 2. The van der Waals surface area contributed by atoms with Crippen LogP contribution in [0.4, 0.5) is 5.69 Å². The normalized spacial score (nSPS) is 9.94. The van der Waals surface area contributed by atoms with E-state index >= 15 is 0 Å². The molecule has 0 aliphatic heterocycles. The number of nitrogens with zero attached hydrogens (tertiary/aromatic N) is 1. The third kappa shape index (κ3) is 3.51. The van der Waals surface area contributed by atoms with Crippen LogP contribution < -0.4 is 4.90 Å². The highest BCUT2D eigenvalue weighted by Gasteiger charge is 2.15. The van der Waals surface area contributed by atoms with Crippen LogP contribution in [0.2, 0.25) is 5.02 Å². The second-order valence-corrected chi connectivity index (χ2v) is 3.96. The quantitative estimate of drug-likeness (QED) is 0.780. The number of hydrogen-bond acceptors (Lipinski definition) is 2. The van der Waals surface area contributed by atoms with Crippen LogP contribution in [0.3, 0.4) is 0 Å². The molecule has 0 aromatic heterocycles. The van der Waals surface area contributed by atoms with Gasteiger partial charge in [-0.05, 0) is 18.2 Å². The number of amides is 1. The Bertz CT molecular complexity index is 407. The number of ketones is 1. The summed E-state index contributed by atoms with van der Waals surface area (Å²) in [4.78, 5) is 24.0. The fraction of sp³-hybridized carbons (Fsp3) is 0.273. The van der Waals surface area contributed by atoms with Crippen molar-refractivity contribution >= 4 is 40.6 Å². The van der Waals surface area contributed by atoms with E-state index in [9.17, 15) is 9.59 Å². The molecule has 1 amide bonds. The Kier molecular flexibility index (Phi) is 4.77. The summed E-state index contributed by atoms with van der Waals surface area (Å²) < 4.78 is 0. The summed E-state index contributed by atoms with van der Waals surface area (Å²) in [5.41, 5.74) is 0.596. The van der Waals surface area contributed by atoms with E-state index in [1.54, 1.807) is 24.3 Å². The van der Waals surface area contributed by atoms with Crippen LogP contribution in [0.15, 0.2) is 24.3 Å². The largest absolute Gasteiger partial charge is 0.305 e. The van der Waals surface area contributed by atoms with Gasteiger partial charge in [0.2, 0.25) is 5.91 Å². The van der Waals surface area contributed by atoms with Crippen molar-refractivity contribution in [1.29, 1.82) is 0 Å². The van der Waals surface area contributed by atoms with Crippen LogP contribution in [0.5, 0.6) is 0 Å². The van der Waals surface area contributed by atoms with Crippen LogP contribution in [0.25, 0.3) is 0 Å². The van der Waals surface area contributed by atoms with E-state index in [1.165, 1.54) is 11.8 Å². The van der Waals surface area contributed by atoms with E-state index in [2.05, 4.69) is 0 Å². The number of benzene rings is 1. The number of Topliss-reactive ketones (excluding diaryl/α,β-unsaturated/α-hetero) is 1. The molecule has 0 aliphatic carbocycles. The third-order valence-electron chi connectivity index (χ3n) is 1.98. The van der Waals surface area contributed by atoms with Gasteiger partial charge in [0.25, 0.3) is 0 Å². The molecule has 1 aromatic rings. The van der Waals surface area contributed by atoms with Gasteiger partial charge in [-0.15, -0.1) is 11.6 Å². The molecule has 3 nitrogen and oxygen atoms in total. The summed E-state index contributed by atoms with van der Waals surface area (Å²) in [5.74, 6) is -0.540. The van der Waals surface area contributed by atoms with Gasteiger partial charge in [-0.3, -0.25) is 9.59 Å². The van der Waals surface area contributed by atoms with Gasteiger partial charge >= 0.3 is 0 Å². The van der Waals surface area contributed by atoms with Crippen molar-refractivity contribution in [3.63, 3.8) is 0 Å². The lowest BCUT2D eigenvalue weighted by Crippen LogP contribution is -2.34. The van der Waals surface area contributed by atoms with E-state index in [-0.39, 0.29) is 24.1 Å². The highest BCUT2D eigenvalue weighted by molar-refractivity contribution is 6.31. The highest BCUT2D eigenvalue weighted by Crippen LogP contribution is 2.19. The predicted molar refractivity (Wildman–Crippen MR) is 65.2 cm³/mol. The molecule has 0 unspecified atom stereocenters. The summed E-state index contributed by atoms with van der Waals surface area (Å²) in [6.07, 6.45) is 0. The van der Waals surface area contributed by atoms with Crippen LogP contribution in [0.1, 0.15) is 6.92 Å². The van der Waals surface area contributed by atoms with E-state index in [0.717, 1.165) is 0 Å². The van der Waals surface area contributed by atoms with Crippen molar-refractivity contribution < 1.29 is 9.59 Å². The molecule has 0 fully saturated rings. The Labute approximate surface area is 104 Å². The summed E-state index contributed by atoms with van der Waals surface area (Å²) in [6, 6.07) is 6.77. The molecular formula is C11H11Cl2NO2.